The summed E-state index contributed by atoms with van der Waals surface area (Å²) in [5.74, 6) is 0.154. The molecule has 2 aromatic carbocycles. The third-order valence-electron chi connectivity index (χ3n) is 4.20. The Kier molecular flexibility index (Phi) is 6.33. The summed E-state index contributed by atoms with van der Waals surface area (Å²) in [7, 11) is -3.67. The van der Waals surface area contributed by atoms with Crippen LogP contribution in [-0.2, 0) is 14.8 Å². The van der Waals surface area contributed by atoms with Gasteiger partial charge in [0.15, 0.2) is 0 Å². The summed E-state index contributed by atoms with van der Waals surface area (Å²) in [5, 5.41) is 2.80. The van der Waals surface area contributed by atoms with Gasteiger partial charge in [0, 0.05) is 18.7 Å². The van der Waals surface area contributed by atoms with Crippen molar-refractivity contribution in [1.82, 2.24) is 4.31 Å². The number of nitrogens with zero attached hydrogens (tertiary/aromatic N) is 1. The number of para-hydroxylation sites is 2. The molecule has 0 atom stereocenters. The van der Waals surface area contributed by atoms with Crippen LogP contribution in [0.2, 0.25) is 0 Å². The third kappa shape index (κ3) is 4.70. The van der Waals surface area contributed by atoms with Gasteiger partial charge in [-0.1, -0.05) is 18.2 Å². The second-order valence-electron chi connectivity index (χ2n) is 6.66. The topological polar surface area (TPSA) is 84.9 Å². The van der Waals surface area contributed by atoms with Gasteiger partial charge in [0.25, 0.3) is 5.91 Å². The van der Waals surface area contributed by atoms with Gasteiger partial charge in [-0.15, -0.1) is 0 Å². The highest BCUT2D eigenvalue weighted by Gasteiger charge is 2.27. The van der Waals surface area contributed by atoms with Crippen molar-refractivity contribution in [2.24, 2.45) is 0 Å². The SMILES string of the molecule is CC(C)Oc1ccccc1NC(=O)c1cccc(S(=O)(=O)N2CCOCC2)c1. The van der Waals surface area contributed by atoms with E-state index in [1.807, 2.05) is 19.9 Å². The Balaban J connectivity index is 1.82. The molecule has 0 aromatic heterocycles. The summed E-state index contributed by atoms with van der Waals surface area (Å²) in [6, 6.07) is 13.2. The zero-order valence-electron chi connectivity index (χ0n) is 15.9. The Hall–Kier alpha value is -2.42. The van der Waals surface area contributed by atoms with E-state index in [1.54, 1.807) is 30.3 Å². The van der Waals surface area contributed by atoms with Crippen molar-refractivity contribution in [1.29, 1.82) is 0 Å². The van der Waals surface area contributed by atoms with Crippen molar-refractivity contribution in [2.75, 3.05) is 31.6 Å². The number of ether oxygens (including phenoxy) is 2. The maximum atomic E-state index is 12.8. The molecule has 3 rings (SSSR count). The minimum absolute atomic E-state index is 0.0416. The molecule has 1 saturated heterocycles. The lowest BCUT2D eigenvalue weighted by molar-refractivity contribution is 0.0730. The largest absolute Gasteiger partial charge is 0.489 e. The van der Waals surface area contributed by atoms with Gasteiger partial charge < -0.3 is 14.8 Å². The lowest BCUT2D eigenvalue weighted by Gasteiger charge is -2.26. The van der Waals surface area contributed by atoms with Gasteiger partial charge in [-0.25, -0.2) is 8.42 Å². The van der Waals surface area contributed by atoms with E-state index in [0.717, 1.165) is 0 Å². The number of carbonyl (C=O) groups excluding carboxylic acids is 1. The first-order valence-electron chi connectivity index (χ1n) is 9.13. The van der Waals surface area contributed by atoms with E-state index in [0.29, 0.717) is 37.7 Å². The van der Waals surface area contributed by atoms with E-state index in [4.69, 9.17) is 9.47 Å². The summed E-state index contributed by atoms with van der Waals surface area (Å²) in [6.45, 7) is 5.15. The van der Waals surface area contributed by atoms with Crippen LogP contribution in [0.15, 0.2) is 53.4 Å². The number of nitrogens with one attached hydrogen (secondary N) is 1. The normalized spacial score (nSPS) is 15.4. The van der Waals surface area contributed by atoms with Gasteiger partial charge in [0.05, 0.1) is 29.9 Å². The molecule has 1 aliphatic heterocycles. The van der Waals surface area contributed by atoms with Crippen molar-refractivity contribution in [2.45, 2.75) is 24.8 Å². The highest BCUT2D eigenvalue weighted by atomic mass is 32.2. The third-order valence-corrected chi connectivity index (χ3v) is 6.10. The zero-order valence-corrected chi connectivity index (χ0v) is 16.7. The second-order valence-corrected chi connectivity index (χ2v) is 8.60. The molecule has 28 heavy (non-hydrogen) atoms. The Morgan fingerprint density at radius 1 is 1.11 bits per heavy atom. The fraction of sp³-hybridized carbons (Fsp3) is 0.350. The van der Waals surface area contributed by atoms with E-state index in [1.165, 1.54) is 16.4 Å². The lowest BCUT2D eigenvalue weighted by atomic mass is 10.2. The first-order chi connectivity index (χ1) is 13.4. The summed E-state index contributed by atoms with van der Waals surface area (Å²) in [5.41, 5.74) is 0.788. The molecule has 1 amide bonds. The highest BCUT2D eigenvalue weighted by molar-refractivity contribution is 7.89. The van der Waals surface area contributed by atoms with Gasteiger partial charge in [-0.2, -0.15) is 4.31 Å². The number of benzene rings is 2. The number of hydrogen-bond acceptors (Lipinski definition) is 5. The summed E-state index contributed by atoms with van der Waals surface area (Å²) >= 11 is 0. The molecule has 8 heteroatoms. The molecule has 0 aliphatic carbocycles. The first-order valence-corrected chi connectivity index (χ1v) is 10.6. The molecule has 1 fully saturated rings. The number of hydrogen-bond donors (Lipinski definition) is 1. The molecule has 0 spiro atoms. The first kappa shape index (κ1) is 20.3. The Labute approximate surface area is 165 Å². The van der Waals surface area contributed by atoms with Crippen LogP contribution in [0.25, 0.3) is 0 Å². The van der Waals surface area contributed by atoms with Crippen LogP contribution in [-0.4, -0.2) is 51.0 Å². The molecule has 1 heterocycles. The molecule has 1 aliphatic rings. The smallest absolute Gasteiger partial charge is 0.255 e. The predicted molar refractivity (Wildman–Crippen MR) is 106 cm³/mol. The van der Waals surface area contributed by atoms with Crippen LogP contribution < -0.4 is 10.1 Å². The van der Waals surface area contributed by atoms with Crippen LogP contribution in [0.3, 0.4) is 0 Å². The van der Waals surface area contributed by atoms with Crippen LogP contribution >= 0.6 is 0 Å². The quantitative estimate of drug-likeness (QED) is 0.800. The minimum atomic E-state index is -3.67. The molecule has 7 nitrogen and oxygen atoms in total. The van der Waals surface area contributed by atoms with Gasteiger partial charge in [0.1, 0.15) is 5.75 Å². The molecule has 2 aromatic rings. The van der Waals surface area contributed by atoms with Crippen molar-refractivity contribution >= 4 is 21.6 Å². The summed E-state index contributed by atoms with van der Waals surface area (Å²) in [6.07, 6.45) is -0.0416. The zero-order chi connectivity index (χ0) is 20.1. The second kappa shape index (κ2) is 8.72. The Morgan fingerprint density at radius 2 is 1.82 bits per heavy atom. The van der Waals surface area contributed by atoms with E-state index >= 15 is 0 Å². The van der Waals surface area contributed by atoms with Crippen molar-refractivity contribution in [3.05, 3.63) is 54.1 Å². The maximum absolute atomic E-state index is 12.8. The molecule has 1 N–H and O–H groups in total. The molecule has 0 radical (unpaired) electrons. The monoisotopic (exact) mass is 404 g/mol. The van der Waals surface area contributed by atoms with Crippen molar-refractivity contribution in [3.8, 4) is 5.75 Å². The van der Waals surface area contributed by atoms with Crippen molar-refractivity contribution < 1.29 is 22.7 Å². The standard InChI is InChI=1S/C20H24N2O5S/c1-15(2)27-19-9-4-3-8-18(19)21-20(23)16-6-5-7-17(14-16)28(24,25)22-10-12-26-13-11-22/h3-9,14-15H,10-13H2,1-2H3,(H,21,23). The van der Waals surface area contributed by atoms with Crippen LogP contribution in [0.1, 0.15) is 24.2 Å². The number of anilines is 1. The molecule has 0 saturated carbocycles. The molecule has 0 bridgehead atoms. The van der Waals surface area contributed by atoms with Gasteiger partial charge >= 0.3 is 0 Å². The highest BCUT2D eigenvalue weighted by Crippen LogP contribution is 2.26. The number of amides is 1. The maximum Gasteiger partial charge on any atom is 0.255 e. The fourth-order valence-corrected chi connectivity index (χ4v) is 4.31. The number of morpholine rings is 1. The van der Waals surface area contributed by atoms with E-state index in [9.17, 15) is 13.2 Å². The number of sulfonamides is 1. The fourth-order valence-electron chi connectivity index (χ4n) is 2.85. The Bertz CT molecular complexity index is 937. The Morgan fingerprint density at radius 3 is 2.54 bits per heavy atom. The molecular formula is C20H24N2O5S. The predicted octanol–water partition coefficient (Wildman–Crippen LogP) is 2.75. The average molecular weight is 404 g/mol. The molecule has 0 unspecified atom stereocenters. The average Bonchev–Trinajstić information content (AvgIpc) is 2.70. The van der Waals surface area contributed by atoms with Gasteiger partial charge in [-0.05, 0) is 44.2 Å². The van der Waals surface area contributed by atoms with Crippen LogP contribution in [0.5, 0.6) is 5.75 Å². The summed E-state index contributed by atoms with van der Waals surface area (Å²) in [4.78, 5) is 12.8. The summed E-state index contributed by atoms with van der Waals surface area (Å²) < 4.78 is 37.9. The molecular weight excluding hydrogens is 380 g/mol. The lowest BCUT2D eigenvalue weighted by Crippen LogP contribution is -2.40. The van der Waals surface area contributed by atoms with E-state index < -0.39 is 15.9 Å². The van der Waals surface area contributed by atoms with Crippen LogP contribution in [0, 0.1) is 0 Å². The van der Waals surface area contributed by atoms with E-state index in [2.05, 4.69) is 5.32 Å². The van der Waals surface area contributed by atoms with Gasteiger partial charge in [-0.3, -0.25) is 4.79 Å². The van der Waals surface area contributed by atoms with E-state index in [-0.39, 0.29) is 16.6 Å². The molecule has 150 valence electrons. The number of rotatable bonds is 6. The minimum Gasteiger partial charge on any atom is -0.489 e. The van der Waals surface area contributed by atoms with Crippen molar-refractivity contribution in [3.63, 3.8) is 0 Å². The van der Waals surface area contributed by atoms with Crippen LogP contribution in [0.4, 0.5) is 5.69 Å². The van der Waals surface area contributed by atoms with Gasteiger partial charge in [0.2, 0.25) is 10.0 Å². The number of carbonyl (C=O) groups is 1.